The number of amides is 1. The maximum Gasteiger partial charge on any atom is 0.417 e. The number of carbonyl (C=O) groups excluding carboxylic acids is 2. The maximum atomic E-state index is 12.7. The molecule has 0 aliphatic carbocycles. The number of hydrogen-bond donors (Lipinski definition) is 1. The van der Waals surface area contributed by atoms with Crippen LogP contribution in [0.3, 0.4) is 0 Å². The first-order valence-corrected chi connectivity index (χ1v) is 8.94. The first-order chi connectivity index (χ1) is 12.7. The van der Waals surface area contributed by atoms with Gasteiger partial charge in [-0.25, -0.2) is 9.78 Å². The molecule has 144 valence electrons. The Bertz CT molecular complexity index is 887. The van der Waals surface area contributed by atoms with Gasteiger partial charge >= 0.3 is 12.1 Å². The molecule has 0 radical (unpaired) electrons. The highest BCUT2D eigenvalue weighted by Crippen LogP contribution is 2.35. The number of esters is 1. The highest BCUT2D eigenvalue weighted by molar-refractivity contribution is 7.14. The Labute approximate surface area is 160 Å². The lowest BCUT2D eigenvalue weighted by atomic mass is 10.2. The van der Waals surface area contributed by atoms with E-state index < -0.39 is 23.8 Å². The fourth-order valence-corrected chi connectivity index (χ4v) is 3.80. The molecule has 0 saturated carbocycles. The van der Waals surface area contributed by atoms with Gasteiger partial charge < -0.3 is 15.0 Å². The summed E-state index contributed by atoms with van der Waals surface area (Å²) in [7, 11) is 1.25. The van der Waals surface area contributed by atoms with Crippen molar-refractivity contribution in [2.45, 2.75) is 18.6 Å². The Kier molecular flexibility index (Phi) is 5.29. The third kappa shape index (κ3) is 3.86. The van der Waals surface area contributed by atoms with Crippen molar-refractivity contribution < 1.29 is 27.5 Å². The SMILES string of the molecule is COC(=O)c1ccsc1N1CCC(Nc2ncc(C(F)(F)F)cc2Cl)C1=O. The molecule has 1 aliphatic heterocycles. The van der Waals surface area contributed by atoms with Crippen molar-refractivity contribution in [1.82, 2.24) is 4.98 Å². The number of halogens is 4. The maximum absolute atomic E-state index is 12.7. The van der Waals surface area contributed by atoms with Gasteiger partial charge in [-0.1, -0.05) is 11.6 Å². The zero-order valence-corrected chi connectivity index (χ0v) is 15.4. The fourth-order valence-electron chi connectivity index (χ4n) is 2.66. The number of alkyl halides is 3. The molecule has 1 fully saturated rings. The molecule has 1 saturated heterocycles. The molecule has 27 heavy (non-hydrogen) atoms. The van der Waals surface area contributed by atoms with Gasteiger partial charge in [-0.2, -0.15) is 13.2 Å². The molecule has 3 rings (SSSR count). The lowest BCUT2D eigenvalue weighted by molar-refractivity contribution is -0.137. The predicted octanol–water partition coefficient (Wildman–Crippen LogP) is 3.82. The molecule has 0 aromatic carbocycles. The molecule has 2 aromatic heterocycles. The minimum absolute atomic E-state index is 0.00997. The molecular weight excluding hydrogens is 407 g/mol. The molecule has 1 unspecified atom stereocenters. The summed E-state index contributed by atoms with van der Waals surface area (Å²) in [5, 5.41) is 4.68. The number of pyridine rings is 1. The highest BCUT2D eigenvalue weighted by Gasteiger charge is 2.36. The minimum Gasteiger partial charge on any atom is -0.465 e. The van der Waals surface area contributed by atoms with Crippen LogP contribution in [0.15, 0.2) is 23.7 Å². The monoisotopic (exact) mass is 419 g/mol. The van der Waals surface area contributed by atoms with Crippen molar-refractivity contribution in [1.29, 1.82) is 0 Å². The van der Waals surface area contributed by atoms with E-state index in [1.165, 1.54) is 23.3 Å². The van der Waals surface area contributed by atoms with Gasteiger partial charge in [-0.15, -0.1) is 11.3 Å². The number of anilines is 2. The van der Waals surface area contributed by atoms with Gasteiger partial charge in [-0.05, 0) is 23.9 Å². The number of rotatable bonds is 4. The Hall–Kier alpha value is -2.33. The largest absolute Gasteiger partial charge is 0.465 e. The van der Waals surface area contributed by atoms with Gasteiger partial charge in [0.05, 0.1) is 23.3 Å². The van der Waals surface area contributed by atoms with E-state index in [4.69, 9.17) is 16.3 Å². The van der Waals surface area contributed by atoms with Crippen molar-refractivity contribution in [3.8, 4) is 0 Å². The molecule has 6 nitrogen and oxygen atoms in total. The van der Waals surface area contributed by atoms with E-state index in [0.717, 1.165) is 6.07 Å². The fraction of sp³-hybridized carbons (Fsp3) is 0.312. The molecule has 1 N–H and O–H groups in total. The van der Waals surface area contributed by atoms with Crippen LogP contribution in [0.1, 0.15) is 22.3 Å². The second-order valence-corrected chi connectivity index (χ2v) is 6.96. The van der Waals surface area contributed by atoms with Crippen molar-refractivity contribution in [2.75, 3.05) is 23.9 Å². The van der Waals surface area contributed by atoms with Crippen LogP contribution >= 0.6 is 22.9 Å². The van der Waals surface area contributed by atoms with Crippen molar-refractivity contribution >= 4 is 45.6 Å². The normalized spacial score (nSPS) is 17.3. The Morgan fingerprint density at radius 2 is 2.22 bits per heavy atom. The molecule has 1 atom stereocenters. The number of thiophene rings is 1. The van der Waals surface area contributed by atoms with Crippen LogP contribution in [-0.4, -0.2) is 36.6 Å². The van der Waals surface area contributed by atoms with Gasteiger partial charge in [0, 0.05) is 12.7 Å². The number of nitrogens with one attached hydrogen (secondary N) is 1. The summed E-state index contributed by atoms with van der Waals surface area (Å²) in [6.07, 6.45) is -3.53. The molecule has 1 aliphatic rings. The standard InChI is InChI=1S/C16H13ClF3N3O3S/c1-26-15(25)9-3-5-27-14(9)23-4-2-11(13(23)24)22-12-10(17)6-8(7-21-12)16(18,19)20/h3,5-7,11H,2,4H2,1H3,(H,21,22). The summed E-state index contributed by atoms with van der Waals surface area (Å²) in [5.41, 5.74) is -0.694. The van der Waals surface area contributed by atoms with Gasteiger partial charge in [0.25, 0.3) is 0 Å². The van der Waals surface area contributed by atoms with Crippen LogP contribution in [-0.2, 0) is 15.7 Å². The molecular formula is C16H13ClF3N3O3S. The lowest BCUT2D eigenvalue weighted by Gasteiger charge is -2.17. The first kappa shape index (κ1) is 19.4. The smallest absolute Gasteiger partial charge is 0.417 e. The molecule has 1 amide bonds. The van der Waals surface area contributed by atoms with Crippen molar-refractivity contribution in [3.63, 3.8) is 0 Å². The molecule has 0 spiro atoms. The summed E-state index contributed by atoms with van der Waals surface area (Å²) in [5.74, 6) is -0.896. The topological polar surface area (TPSA) is 71.5 Å². The van der Waals surface area contributed by atoms with E-state index in [-0.39, 0.29) is 22.3 Å². The number of ether oxygens (including phenoxy) is 1. The minimum atomic E-state index is -4.56. The van der Waals surface area contributed by atoms with Crippen LogP contribution in [0.2, 0.25) is 5.02 Å². The third-order valence-corrected chi connectivity index (χ3v) is 5.20. The number of carbonyl (C=O) groups is 2. The molecule has 3 heterocycles. The zero-order chi connectivity index (χ0) is 19.8. The molecule has 2 aromatic rings. The summed E-state index contributed by atoms with van der Waals surface area (Å²) >= 11 is 7.09. The number of aromatic nitrogens is 1. The van der Waals surface area contributed by atoms with Crippen LogP contribution in [0.25, 0.3) is 0 Å². The van der Waals surface area contributed by atoms with Crippen LogP contribution < -0.4 is 10.2 Å². The number of hydrogen-bond acceptors (Lipinski definition) is 6. The predicted molar refractivity (Wildman–Crippen MR) is 94.3 cm³/mol. The Morgan fingerprint density at radius 3 is 2.85 bits per heavy atom. The number of nitrogens with zero attached hydrogens (tertiary/aromatic N) is 2. The van der Waals surface area contributed by atoms with Gasteiger partial charge in [-0.3, -0.25) is 4.79 Å². The van der Waals surface area contributed by atoms with E-state index in [0.29, 0.717) is 24.2 Å². The van der Waals surface area contributed by atoms with E-state index in [1.54, 1.807) is 11.4 Å². The van der Waals surface area contributed by atoms with E-state index in [2.05, 4.69) is 10.3 Å². The second-order valence-electron chi connectivity index (χ2n) is 5.66. The zero-order valence-electron chi connectivity index (χ0n) is 13.8. The van der Waals surface area contributed by atoms with E-state index >= 15 is 0 Å². The average molecular weight is 420 g/mol. The highest BCUT2D eigenvalue weighted by atomic mass is 35.5. The summed E-state index contributed by atoms with van der Waals surface area (Å²) in [4.78, 5) is 29.6. The van der Waals surface area contributed by atoms with Gasteiger partial charge in [0.1, 0.15) is 16.9 Å². The van der Waals surface area contributed by atoms with Gasteiger partial charge in [0.15, 0.2) is 0 Å². The summed E-state index contributed by atoms with van der Waals surface area (Å²) in [6.45, 7) is 0.333. The third-order valence-electron chi connectivity index (χ3n) is 3.98. The van der Waals surface area contributed by atoms with Crippen LogP contribution in [0.4, 0.5) is 24.0 Å². The van der Waals surface area contributed by atoms with Crippen molar-refractivity contribution in [3.05, 3.63) is 39.9 Å². The summed E-state index contributed by atoms with van der Waals surface area (Å²) < 4.78 is 42.8. The van der Waals surface area contributed by atoms with E-state index in [1.807, 2.05) is 0 Å². The van der Waals surface area contributed by atoms with Gasteiger partial charge in [0.2, 0.25) is 5.91 Å². The Morgan fingerprint density at radius 1 is 1.48 bits per heavy atom. The van der Waals surface area contributed by atoms with Crippen LogP contribution in [0, 0.1) is 0 Å². The quantitative estimate of drug-likeness (QED) is 0.763. The number of methoxy groups -OCH3 is 1. The lowest BCUT2D eigenvalue weighted by Crippen LogP contribution is -2.34. The van der Waals surface area contributed by atoms with Crippen molar-refractivity contribution in [2.24, 2.45) is 0 Å². The molecule has 11 heteroatoms. The summed E-state index contributed by atoms with van der Waals surface area (Å²) in [6, 6.07) is 1.59. The molecule has 0 bridgehead atoms. The average Bonchev–Trinajstić information content (AvgIpc) is 3.22. The Balaban J connectivity index is 1.77. The van der Waals surface area contributed by atoms with E-state index in [9.17, 15) is 22.8 Å². The first-order valence-electron chi connectivity index (χ1n) is 7.69. The van der Waals surface area contributed by atoms with Crippen LogP contribution in [0.5, 0.6) is 0 Å². The second kappa shape index (κ2) is 7.35.